The van der Waals surface area contributed by atoms with Crippen molar-refractivity contribution in [1.29, 1.82) is 0 Å². The fourth-order valence-corrected chi connectivity index (χ4v) is 2.47. The van der Waals surface area contributed by atoms with Gasteiger partial charge in [-0.05, 0) is 48.5 Å². The van der Waals surface area contributed by atoms with Gasteiger partial charge in [0.05, 0.1) is 12.1 Å². The van der Waals surface area contributed by atoms with Crippen molar-refractivity contribution in [3.8, 4) is 5.75 Å². The van der Waals surface area contributed by atoms with Crippen LogP contribution in [0, 0.1) is 11.8 Å². The van der Waals surface area contributed by atoms with Gasteiger partial charge < -0.3 is 16.2 Å². The number of ether oxygens (including phenoxy) is 1. The van der Waals surface area contributed by atoms with E-state index in [2.05, 4.69) is 19.9 Å². The molecule has 0 saturated carbocycles. The topological polar surface area (TPSA) is 61.3 Å². The molecule has 4 heteroatoms. The van der Waals surface area contributed by atoms with Crippen LogP contribution in [0.1, 0.15) is 25.3 Å². The molecule has 0 aromatic heterocycles. The summed E-state index contributed by atoms with van der Waals surface area (Å²) >= 11 is 6.15. The Morgan fingerprint density at radius 1 is 1.22 bits per heavy atom. The van der Waals surface area contributed by atoms with Crippen LogP contribution in [-0.2, 0) is 0 Å². The summed E-state index contributed by atoms with van der Waals surface area (Å²) < 4.78 is 5.16. The van der Waals surface area contributed by atoms with Gasteiger partial charge in [0.1, 0.15) is 5.75 Å². The van der Waals surface area contributed by atoms with Crippen molar-refractivity contribution in [2.75, 3.05) is 20.2 Å². The number of methoxy groups -OCH3 is 1. The summed E-state index contributed by atoms with van der Waals surface area (Å²) in [6.45, 7) is 5.60. The lowest BCUT2D eigenvalue weighted by molar-refractivity contribution is 0.328. The number of nitrogens with two attached hydrogens (primary N) is 2. The summed E-state index contributed by atoms with van der Waals surface area (Å²) in [5.74, 6) is 1.82. The Hall–Kier alpha value is -0.770. The van der Waals surface area contributed by atoms with Gasteiger partial charge in [-0.25, -0.2) is 0 Å². The molecule has 1 aromatic carbocycles. The van der Waals surface area contributed by atoms with Gasteiger partial charge in [0, 0.05) is 0 Å². The van der Waals surface area contributed by atoms with Crippen molar-refractivity contribution in [3.63, 3.8) is 0 Å². The highest BCUT2D eigenvalue weighted by molar-refractivity contribution is 6.32. The van der Waals surface area contributed by atoms with Gasteiger partial charge in [-0.1, -0.05) is 31.5 Å². The molecule has 0 aliphatic rings. The number of hydrogen-bond donors (Lipinski definition) is 2. The molecular formula is C14H23ClN2O. The zero-order chi connectivity index (χ0) is 13.7. The van der Waals surface area contributed by atoms with Gasteiger partial charge in [-0.2, -0.15) is 0 Å². The van der Waals surface area contributed by atoms with Crippen molar-refractivity contribution >= 4 is 11.6 Å². The highest BCUT2D eigenvalue weighted by atomic mass is 35.5. The molecule has 3 nitrogen and oxygen atoms in total. The fourth-order valence-electron chi connectivity index (χ4n) is 2.20. The van der Waals surface area contributed by atoms with Gasteiger partial charge in [0.2, 0.25) is 0 Å². The summed E-state index contributed by atoms with van der Waals surface area (Å²) in [6, 6.07) is 5.92. The normalized spacial score (nSPS) is 14.6. The monoisotopic (exact) mass is 270 g/mol. The maximum Gasteiger partial charge on any atom is 0.137 e. The lowest BCUT2D eigenvalue weighted by atomic mass is 9.80. The predicted octanol–water partition coefficient (Wildman–Crippen LogP) is 2.62. The molecule has 102 valence electrons. The first-order valence-electron chi connectivity index (χ1n) is 6.28. The second kappa shape index (κ2) is 6.98. The van der Waals surface area contributed by atoms with E-state index in [-0.39, 0.29) is 0 Å². The van der Waals surface area contributed by atoms with Crippen molar-refractivity contribution in [2.24, 2.45) is 23.3 Å². The zero-order valence-electron chi connectivity index (χ0n) is 11.3. The number of halogens is 1. The molecule has 1 rings (SSSR count). The molecule has 0 aliphatic carbocycles. The average molecular weight is 271 g/mol. The van der Waals surface area contributed by atoms with E-state index in [9.17, 15) is 0 Å². The van der Waals surface area contributed by atoms with Crippen LogP contribution in [-0.4, -0.2) is 20.2 Å². The van der Waals surface area contributed by atoms with Crippen LogP contribution in [0.25, 0.3) is 0 Å². The molecular weight excluding hydrogens is 248 g/mol. The third kappa shape index (κ3) is 3.37. The van der Waals surface area contributed by atoms with Crippen LogP contribution in [0.4, 0.5) is 0 Å². The second-order valence-corrected chi connectivity index (χ2v) is 5.18. The molecule has 0 radical (unpaired) electrons. The molecule has 0 saturated heterocycles. The van der Waals surface area contributed by atoms with Crippen LogP contribution in [0.3, 0.4) is 0 Å². The molecule has 2 unspecified atom stereocenters. The Morgan fingerprint density at radius 3 is 2.28 bits per heavy atom. The quantitative estimate of drug-likeness (QED) is 0.835. The van der Waals surface area contributed by atoms with Crippen molar-refractivity contribution in [1.82, 2.24) is 0 Å². The minimum Gasteiger partial charge on any atom is -0.495 e. The van der Waals surface area contributed by atoms with E-state index in [0.29, 0.717) is 41.6 Å². The molecule has 0 bridgehead atoms. The largest absolute Gasteiger partial charge is 0.495 e. The van der Waals surface area contributed by atoms with Crippen molar-refractivity contribution in [3.05, 3.63) is 28.8 Å². The Kier molecular flexibility index (Phi) is 5.93. The van der Waals surface area contributed by atoms with E-state index in [1.165, 1.54) is 5.56 Å². The van der Waals surface area contributed by atoms with E-state index in [1.54, 1.807) is 7.11 Å². The highest BCUT2D eigenvalue weighted by Crippen LogP contribution is 2.33. The van der Waals surface area contributed by atoms with Gasteiger partial charge in [-0.15, -0.1) is 0 Å². The summed E-state index contributed by atoms with van der Waals surface area (Å²) in [7, 11) is 1.62. The second-order valence-electron chi connectivity index (χ2n) is 4.77. The molecule has 0 spiro atoms. The maximum absolute atomic E-state index is 6.15. The Balaban J connectivity index is 2.89. The molecule has 1 aromatic rings. The minimum atomic E-state index is 0.334. The summed E-state index contributed by atoms with van der Waals surface area (Å²) in [4.78, 5) is 0. The Morgan fingerprint density at radius 2 is 1.83 bits per heavy atom. The van der Waals surface area contributed by atoms with E-state index in [4.69, 9.17) is 27.8 Å². The SMILES string of the molecule is COc1ccc(C(C)C(C)C(CN)CN)cc1Cl. The Labute approximate surface area is 114 Å². The first-order valence-corrected chi connectivity index (χ1v) is 6.66. The third-order valence-corrected chi connectivity index (χ3v) is 4.13. The van der Waals surface area contributed by atoms with Gasteiger partial charge in [0.25, 0.3) is 0 Å². The predicted molar refractivity (Wildman–Crippen MR) is 77.2 cm³/mol. The fraction of sp³-hybridized carbons (Fsp3) is 0.571. The molecule has 0 heterocycles. The molecule has 0 amide bonds. The number of benzene rings is 1. The van der Waals surface area contributed by atoms with Gasteiger partial charge in [-0.3, -0.25) is 0 Å². The lowest BCUT2D eigenvalue weighted by Crippen LogP contribution is -2.31. The summed E-state index contributed by atoms with van der Waals surface area (Å²) in [5, 5.41) is 0.645. The van der Waals surface area contributed by atoms with Gasteiger partial charge >= 0.3 is 0 Å². The van der Waals surface area contributed by atoms with Crippen LogP contribution < -0.4 is 16.2 Å². The summed E-state index contributed by atoms with van der Waals surface area (Å²) in [5.41, 5.74) is 12.7. The van der Waals surface area contributed by atoms with Crippen LogP contribution in [0.2, 0.25) is 5.02 Å². The Bertz CT molecular complexity index is 380. The first kappa shape index (κ1) is 15.3. The van der Waals surface area contributed by atoms with Crippen LogP contribution in [0.5, 0.6) is 5.75 Å². The first-order chi connectivity index (χ1) is 8.54. The number of rotatable bonds is 6. The third-order valence-electron chi connectivity index (χ3n) is 3.84. The smallest absolute Gasteiger partial charge is 0.137 e. The van der Waals surface area contributed by atoms with Crippen molar-refractivity contribution in [2.45, 2.75) is 19.8 Å². The molecule has 2 atom stereocenters. The van der Waals surface area contributed by atoms with E-state index < -0.39 is 0 Å². The van der Waals surface area contributed by atoms with Crippen LogP contribution in [0.15, 0.2) is 18.2 Å². The van der Waals surface area contributed by atoms with E-state index in [1.807, 2.05) is 12.1 Å². The lowest BCUT2D eigenvalue weighted by Gasteiger charge is -2.27. The average Bonchev–Trinajstić information content (AvgIpc) is 2.39. The van der Waals surface area contributed by atoms with Crippen LogP contribution >= 0.6 is 11.6 Å². The van der Waals surface area contributed by atoms with Gasteiger partial charge in [0.15, 0.2) is 0 Å². The maximum atomic E-state index is 6.15. The molecule has 0 fully saturated rings. The molecule has 0 aliphatic heterocycles. The standard InChI is InChI=1S/C14H23ClN2O/c1-9(10(2)12(7-16)8-17)11-4-5-14(18-3)13(15)6-11/h4-6,9-10,12H,7-8,16-17H2,1-3H3. The zero-order valence-corrected chi connectivity index (χ0v) is 12.1. The van der Waals surface area contributed by atoms with E-state index in [0.717, 1.165) is 0 Å². The number of hydrogen-bond acceptors (Lipinski definition) is 3. The van der Waals surface area contributed by atoms with E-state index >= 15 is 0 Å². The minimum absolute atomic E-state index is 0.334. The molecule has 4 N–H and O–H groups in total. The molecule has 18 heavy (non-hydrogen) atoms. The highest BCUT2D eigenvalue weighted by Gasteiger charge is 2.22. The van der Waals surface area contributed by atoms with Crippen molar-refractivity contribution < 1.29 is 4.74 Å². The summed E-state index contributed by atoms with van der Waals surface area (Å²) in [6.07, 6.45) is 0.